The molecular weight excluding hydrogens is 306 g/mol. The van der Waals surface area contributed by atoms with Gasteiger partial charge in [0.15, 0.2) is 11.4 Å². The molecule has 0 bridgehead atoms. The molecule has 0 radical (unpaired) electrons. The number of nitrogens with zero attached hydrogens (tertiary/aromatic N) is 5. The second-order valence-corrected chi connectivity index (χ2v) is 5.73. The fourth-order valence-electron chi connectivity index (χ4n) is 2.97. The number of fused-ring (bicyclic) bond motifs is 1. The van der Waals surface area contributed by atoms with E-state index in [-0.39, 0.29) is 5.91 Å². The Hall–Kier alpha value is -2.96. The highest BCUT2D eigenvalue weighted by Crippen LogP contribution is 2.23. The Morgan fingerprint density at radius 3 is 2.71 bits per heavy atom. The molecule has 1 fully saturated rings. The molecule has 0 atom stereocenters. The van der Waals surface area contributed by atoms with Crippen LogP contribution in [0.15, 0.2) is 41.1 Å². The van der Waals surface area contributed by atoms with E-state index in [0.29, 0.717) is 43.4 Å². The number of aromatic nitrogens is 3. The van der Waals surface area contributed by atoms with Gasteiger partial charge in [-0.2, -0.15) is 0 Å². The van der Waals surface area contributed by atoms with Gasteiger partial charge in [-0.3, -0.25) is 4.79 Å². The summed E-state index contributed by atoms with van der Waals surface area (Å²) in [5.74, 6) is 1.90. The van der Waals surface area contributed by atoms with E-state index in [1.165, 1.54) is 6.26 Å². The number of amides is 1. The highest BCUT2D eigenvalue weighted by atomic mass is 16.3. The summed E-state index contributed by atoms with van der Waals surface area (Å²) in [4.78, 5) is 29.6. The molecule has 4 heterocycles. The number of piperazine rings is 1. The number of aryl methyl sites for hydroxylation is 1. The van der Waals surface area contributed by atoms with E-state index < -0.39 is 0 Å². The third-order valence-corrected chi connectivity index (χ3v) is 4.16. The fourth-order valence-corrected chi connectivity index (χ4v) is 2.97. The van der Waals surface area contributed by atoms with E-state index in [2.05, 4.69) is 19.9 Å². The molecule has 0 unspecified atom stereocenters. The summed E-state index contributed by atoms with van der Waals surface area (Å²) in [5.41, 5.74) is 0.703. The van der Waals surface area contributed by atoms with Gasteiger partial charge in [0.1, 0.15) is 11.6 Å². The topological polar surface area (TPSA) is 75.4 Å². The zero-order valence-corrected chi connectivity index (χ0v) is 13.3. The average molecular weight is 323 g/mol. The maximum absolute atomic E-state index is 12.3. The number of furan rings is 1. The van der Waals surface area contributed by atoms with Crippen molar-refractivity contribution >= 4 is 22.8 Å². The van der Waals surface area contributed by atoms with Crippen molar-refractivity contribution in [3.63, 3.8) is 0 Å². The monoisotopic (exact) mass is 323 g/mol. The van der Waals surface area contributed by atoms with E-state index in [9.17, 15) is 4.79 Å². The van der Waals surface area contributed by atoms with Gasteiger partial charge in [-0.25, -0.2) is 15.0 Å². The first-order valence-electron chi connectivity index (χ1n) is 7.89. The number of hydrogen-bond donors (Lipinski definition) is 0. The highest BCUT2D eigenvalue weighted by Gasteiger charge is 2.25. The van der Waals surface area contributed by atoms with Crippen LogP contribution in [0.25, 0.3) is 11.0 Å². The summed E-state index contributed by atoms with van der Waals surface area (Å²) in [6.45, 7) is 4.56. The van der Waals surface area contributed by atoms with Crippen LogP contribution < -0.4 is 4.90 Å². The van der Waals surface area contributed by atoms with Crippen LogP contribution in [0.5, 0.6) is 0 Å². The molecule has 122 valence electrons. The Bertz CT molecular complexity index is 870. The Balaban J connectivity index is 1.55. The van der Waals surface area contributed by atoms with Gasteiger partial charge in [-0.15, -0.1) is 0 Å². The molecule has 7 nitrogen and oxygen atoms in total. The second-order valence-electron chi connectivity index (χ2n) is 5.73. The minimum absolute atomic E-state index is 0.0648. The van der Waals surface area contributed by atoms with Crippen molar-refractivity contribution in [2.24, 2.45) is 0 Å². The number of rotatable bonds is 2. The molecule has 1 saturated heterocycles. The Morgan fingerprint density at radius 1 is 1.12 bits per heavy atom. The number of hydrogen-bond acceptors (Lipinski definition) is 6. The molecule has 3 aromatic rings. The van der Waals surface area contributed by atoms with Gasteiger partial charge in [-0.1, -0.05) is 0 Å². The van der Waals surface area contributed by atoms with Gasteiger partial charge in [0.25, 0.3) is 5.91 Å². The van der Waals surface area contributed by atoms with Crippen LogP contribution >= 0.6 is 0 Å². The van der Waals surface area contributed by atoms with Gasteiger partial charge in [-0.05, 0) is 31.2 Å². The summed E-state index contributed by atoms with van der Waals surface area (Å²) in [6.07, 6.45) is 3.25. The smallest absolute Gasteiger partial charge is 0.289 e. The van der Waals surface area contributed by atoms with Crippen molar-refractivity contribution in [1.29, 1.82) is 0 Å². The van der Waals surface area contributed by atoms with E-state index in [4.69, 9.17) is 4.42 Å². The van der Waals surface area contributed by atoms with E-state index >= 15 is 0 Å². The molecule has 0 saturated carbocycles. The molecule has 3 aromatic heterocycles. The number of carbonyl (C=O) groups is 1. The Morgan fingerprint density at radius 2 is 1.96 bits per heavy atom. The van der Waals surface area contributed by atoms with Crippen molar-refractivity contribution in [2.75, 3.05) is 31.1 Å². The average Bonchev–Trinajstić information content (AvgIpc) is 3.15. The number of carbonyl (C=O) groups excluding carboxylic acids is 1. The first-order chi connectivity index (χ1) is 11.7. The minimum Gasteiger partial charge on any atom is -0.459 e. The lowest BCUT2D eigenvalue weighted by atomic mass is 10.2. The molecule has 7 heteroatoms. The highest BCUT2D eigenvalue weighted by molar-refractivity contribution is 5.92. The van der Waals surface area contributed by atoms with E-state index in [1.807, 2.05) is 24.0 Å². The molecular formula is C17H17N5O2. The molecule has 1 aliphatic rings. The zero-order valence-electron chi connectivity index (χ0n) is 13.3. The third kappa shape index (κ3) is 2.58. The van der Waals surface area contributed by atoms with Crippen LogP contribution in [0.4, 0.5) is 5.82 Å². The quantitative estimate of drug-likeness (QED) is 0.717. The molecule has 0 spiro atoms. The lowest BCUT2D eigenvalue weighted by Crippen LogP contribution is -2.49. The van der Waals surface area contributed by atoms with Crippen LogP contribution in [-0.2, 0) is 0 Å². The van der Waals surface area contributed by atoms with Crippen LogP contribution in [-0.4, -0.2) is 51.9 Å². The summed E-state index contributed by atoms with van der Waals surface area (Å²) < 4.78 is 5.20. The largest absolute Gasteiger partial charge is 0.459 e. The molecule has 4 rings (SSSR count). The van der Waals surface area contributed by atoms with Gasteiger partial charge in [0, 0.05) is 32.4 Å². The molecule has 24 heavy (non-hydrogen) atoms. The molecule has 1 aliphatic heterocycles. The summed E-state index contributed by atoms with van der Waals surface area (Å²) in [7, 11) is 0. The van der Waals surface area contributed by atoms with Crippen LogP contribution in [0.1, 0.15) is 16.4 Å². The van der Waals surface area contributed by atoms with Crippen molar-refractivity contribution in [2.45, 2.75) is 6.92 Å². The number of pyridine rings is 1. The summed E-state index contributed by atoms with van der Waals surface area (Å²) in [6, 6.07) is 7.30. The summed E-state index contributed by atoms with van der Waals surface area (Å²) >= 11 is 0. The van der Waals surface area contributed by atoms with Gasteiger partial charge >= 0.3 is 0 Å². The zero-order chi connectivity index (χ0) is 16.5. The van der Waals surface area contributed by atoms with Crippen LogP contribution in [0.2, 0.25) is 0 Å². The maximum Gasteiger partial charge on any atom is 0.289 e. The maximum atomic E-state index is 12.3. The Labute approximate surface area is 138 Å². The van der Waals surface area contributed by atoms with Gasteiger partial charge < -0.3 is 14.2 Å². The van der Waals surface area contributed by atoms with E-state index in [1.54, 1.807) is 18.3 Å². The van der Waals surface area contributed by atoms with Crippen molar-refractivity contribution < 1.29 is 9.21 Å². The lowest BCUT2D eigenvalue weighted by Gasteiger charge is -2.35. The predicted molar refractivity (Wildman–Crippen MR) is 88.9 cm³/mol. The van der Waals surface area contributed by atoms with E-state index in [0.717, 1.165) is 11.2 Å². The SMILES string of the molecule is Cc1nc(N2CCN(C(=O)c3ccco3)CC2)c2cccnc2n1. The third-order valence-electron chi connectivity index (χ3n) is 4.16. The van der Waals surface area contributed by atoms with Crippen molar-refractivity contribution in [3.8, 4) is 0 Å². The first kappa shape index (κ1) is 14.6. The second kappa shape index (κ2) is 5.92. The standard InChI is InChI=1S/C17H17N5O2/c1-12-19-15-13(4-2-6-18-15)16(20-12)21-7-9-22(10-8-21)17(23)14-5-3-11-24-14/h2-6,11H,7-10H2,1H3. The lowest BCUT2D eigenvalue weighted by molar-refractivity contribution is 0.0714. The van der Waals surface area contributed by atoms with Gasteiger partial charge in [0.2, 0.25) is 0 Å². The predicted octanol–water partition coefficient (Wildman–Crippen LogP) is 1.89. The first-order valence-corrected chi connectivity index (χ1v) is 7.89. The number of anilines is 1. The molecule has 0 N–H and O–H groups in total. The summed E-state index contributed by atoms with van der Waals surface area (Å²) in [5, 5.41) is 0.939. The van der Waals surface area contributed by atoms with Crippen molar-refractivity contribution in [1.82, 2.24) is 19.9 Å². The van der Waals surface area contributed by atoms with Gasteiger partial charge in [0.05, 0.1) is 11.6 Å². The molecule has 0 aliphatic carbocycles. The normalized spacial score (nSPS) is 15.0. The Kier molecular flexibility index (Phi) is 3.60. The van der Waals surface area contributed by atoms with Crippen molar-refractivity contribution in [3.05, 3.63) is 48.3 Å². The van der Waals surface area contributed by atoms with Crippen LogP contribution in [0.3, 0.4) is 0 Å². The minimum atomic E-state index is -0.0648. The van der Waals surface area contributed by atoms with Crippen LogP contribution in [0, 0.1) is 6.92 Å². The molecule has 0 aromatic carbocycles. The fraction of sp³-hybridized carbons (Fsp3) is 0.294. The molecule has 1 amide bonds.